The summed E-state index contributed by atoms with van der Waals surface area (Å²) in [5.74, 6) is -0.250. The van der Waals surface area contributed by atoms with E-state index < -0.39 is 5.41 Å². The van der Waals surface area contributed by atoms with Crippen LogP contribution in [0.4, 0.5) is 4.39 Å². The average molecular weight is 230 g/mol. The second kappa shape index (κ2) is 3.95. The van der Waals surface area contributed by atoms with Gasteiger partial charge in [0.1, 0.15) is 5.82 Å². The Morgan fingerprint density at radius 3 is 2.18 bits per heavy atom. The third kappa shape index (κ3) is 2.07. The van der Waals surface area contributed by atoms with Crippen LogP contribution in [0.3, 0.4) is 0 Å². The van der Waals surface area contributed by atoms with Gasteiger partial charge in [0.15, 0.2) is 5.78 Å². The highest BCUT2D eigenvalue weighted by Crippen LogP contribution is 2.28. The van der Waals surface area contributed by atoms with Crippen molar-refractivity contribution >= 4 is 16.6 Å². The number of halogens is 1. The first-order valence-electron chi connectivity index (χ1n) is 5.63. The Kier molecular flexibility index (Phi) is 2.74. The van der Waals surface area contributed by atoms with E-state index in [1.165, 1.54) is 6.07 Å². The second-order valence-electron chi connectivity index (χ2n) is 5.22. The fraction of sp³-hybridized carbons (Fsp3) is 0.267. The minimum atomic E-state index is -0.458. The first-order chi connectivity index (χ1) is 7.91. The number of fused-ring (bicyclic) bond motifs is 1. The minimum Gasteiger partial charge on any atom is -0.294 e. The largest absolute Gasteiger partial charge is 0.294 e. The molecule has 0 spiro atoms. The van der Waals surface area contributed by atoms with Crippen LogP contribution in [0.2, 0.25) is 0 Å². The Labute approximate surface area is 100 Å². The molecule has 88 valence electrons. The van der Waals surface area contributed by atoms with Crippen molar-refractivity contribution in [2.45, 2.75) is 20.8 Å². The highest BCUT2D eigenvalue weighted by atomic mass is 19.1. The summed E-state index contributed by atoms with van der Waals surface area (Å²) >= 11 is 0. The van der Waals surface area contributed by atoms with E-state index in [1.54, 1.807) is 24.3 Å². The molecule has 2 heteroatoms. The third-order valence-corrected chi connectivity index (χ3v) is 2.80. The molecule has 0 heterocycles. The molecule has 0 aliphatic rings. The zero-order chi connectivity index (χ0) is 12.6. The van der Waals surface area contributed by atoms with Crippen LogP contribution < -0.4 is 0 Å². The molecule has 2 aromatic carbocycles. The van der Waals surface area contributed by atoms with Crippen molar-refractivity contribution in [3.8, 4) is 0 Å². The fourth-order valence-corrected chi connectivity index (χ4v) is 1.86. The molecule has 0 bridgehead atoms. The lowest BCUT2D eigenvalue weighted by molar-refractivity contribution is 0.0860. The Hall–Kier alpha value is -1.70. The van der Waals surface area contributed by atoms with Crippen LogP contribution in [0, 0.1) is 11.2 Å². The van der Waals surface area contributed by atoms with E-state index in [4.69, 9.17) is 0 Å². The molecule has 2 rings (SSSR count). The van der Waals surface area contributed by atoms with Crippen molar-refractivity contribution in [3.05, 3.63) is 47.8 Å². The molecule has 0 amide bonds. The lowest BCUT2D eigenvalue weighted by Gasteiger charge is -2.18. The summed E-state index contributed by atoms with van der Waals surface area (Å²) in [5, 5.41) is 1.19. The molecule has 0 unspecified atom stereocenters. The molecule has 1 nitrogen and oxygen atoms in total. The van der Waals surface area contributed by atoms with Crippen LogP contribution in [-0.4, -0.2) is 5.78 Å². The summed E-state index contributed by atoms with van der Waals surface area (Å²) in [6, 6.07) is 10.0. The summed E-state index contributed by atoms with van der Waals surface area (Å²) < 4.78 is 13.6. The van der Waals surface area contributed by atoms with Crippen LogP contribution in [0.5, 0.6) is 0 Å². The number of carbonyl (C=O) groups excluding carboxylic acids is 1. The number of hydrogen-bond acceptors (Lipinski definition) is 1. The number of rotatable bonds is 1. The van der Waals surface area contributed by atoms with Crippen LogP contribution in [0.25, 0.3) is 10.8 Å². The SMILES string of the molecule is CC(C)(C)C(=O)c1ccc(F)c2ccccc12. The number of carbonyl (C=O) groups is 1. The molecule has 2 aromatic rings. The maximum atomic E-state index is 13.6. The highest BCUT2D eigenvalue weighted by Gasteiger charge is 2.24. The molecule has 0 radical (unpaired) electrons. The predicted octanol–water partition coefficient (Wildman–Crippen LogP) is 4.21. The van der Waals surface area contributed by atoms with Gasteiger partial charge in [0.25, 0.3) is 0 Å². The molecule has 0 N–H and O–H groups in total. The van der Waals surface area contributed by atoms with Gasteiger partial charge in [-0.1, -0.05) is 45.0 Å². The van der Waals surface area contributed by atoms with Crippen molar-refractivity contribution < 1.29 is 9.18 Å². The fourth-order valence-electron chi connectivity index (χ4n) is 1.86. The summed E-state index contributed by atoms with van der Waals surface area (Å²) in [6.45, 7) is 5.61. The Bertz CT molecular complexity index is 579. The van der Waals surface area contributed by atoms with E-state index in [0.29, 0.717) is 16.3 Å². The van der Waals surface area contributed by atoms with Crippen molar-refractivity contribution in [3.63, 3.8) is 0 Å². The standard InChI is InChI=1S/C15H15FO/c1-15(2,3)14(17)12-8-9-13(16)11-7-5-4-6-10(11)12/h4-9H,1-3H3. The summed E-state index contributed by atoms with van der Waals surface area (Å²) in [6.07, 6.45) is 0. The molecule has 0 saturated heterocycles. The lowest BCUT2D eigenvalue weighted by Crippen LogP contribution is -2.20. The maximum Gasteiger partial charge on any atom is 0.168 e. The maximum absolute atomic E-state index is 13.6. The van der Waals surface area contributed by atoms with E-state index in [9.17, 15) is 9.18 Å². The zero-order valence-corrected chi connectivity index (χ0v) is 10.3. The van der Waals surface area contributed by atoms with Gasteiger partial charge >= 0.3 is 0 Å². The van der Waals surface area contributed by atoms with Crippen molar-refractivity contribution in [1.29, 1.82) is 0 Å². The number of Topliss-reactive ketones (excluding diaryl/α,β-unsaturated/α-hetero) is 1. The molecule has 17 heavy (non-hydrogen) atoms. The van der Waals surface area contributed by atoms with Gasteiger partial charge in [0.05, 0.1) is 0 Å². The number of hydrogen-bond donors (Lipinski definition) is 0. The van der Waals surface area contributed by atoms with Gasteiger partial charge in [-0.05, 0) is 17.5 Å². The molecule has 0 fully saturated rings. The van der Waals surface area contributed by atoms with Gasteiger partial charge in [-0.2, -0.15) is 0 Å². The number of ketones is 1. The molecule has 0 aromatic heterocycles. The van der Waals surface area contributed by atoms with E-state index >= 15 is 0 Å². The quantitative estimate of drug-likeness (QED) is 0.671. The van der Waals surface area contributed by atoms with Crippen LogP contribution >= 0.6 is 0 Å². The van der Waals surface area contributed by atoms with Crippen LogP contribution in [0.1, 0.15) is 31.1 Å². The molecular formula is C15H15FO. The molecular weight excluding hydrogens is 215 g/mol. The van der Waals surface area contributed by atoms with Gasteiger partial charge < -0.3 is 0 Å². The normalized spacial score (nSPS) is 11.8. The lowest BCUT2D eigenvalue weighted by atomic mass is 9.84. The molecule has 0 atom stereocenters. The van der Waals surface area contributed by atoms with E-state index in [2.05, 4.69) is 0 Å². The Balaban J connectivity index is 2.72. The summed E-state index contributed by atoms with van der Waals surface area (Å²) in [4.78, 5) is 12.3. The highest BCUT2D eigenvalue weighted by molar-refractivity contribution is 6.10. The third-order valence-electron chi connectivity index (χ3n) is 2.80. The second-order valence-corrected chi connectivity index (χ2v) is 5.22. The first-order valence-corrected chi connectivity index (χ1v) is 5.63. The van der Waals surface area contributed by atoms with Crippen LogP contribution in [-0.2, 0) is 0 Å². The summed E-state index contributed by atoms with van der Waals surface area (Å²) in [5.41, 5.74) is 0.134. The van der Waals surface area contributed by atoms with E-state index in [1.807, 2.05) is 26.8 Å². The van der Waals surface area contributed by atoms with E-state index in [-0.39, 0.29) is 11.6 Å². The Morgan fingerprint density at radius 1 is 1.00 bits per heavy atom. The molecule has 0 aliphatic carbocycles. The van der Waals surface area contributed by atoms with Gasteiger partial charge in [-0.15, -0.1) is 0 Å². The van der Waals surface area contributed by atoms with Crippen molar-refractivity contribution in [2.24, 2.45) is 5.41 Å². The number of benzene rings is 2. The molecule has 0 saturated carbocycles. The molecule has 0 aliphatic heterocycles. The van der Waals surface area contributed by atoms with Gasteiger partial charge in [0.2, 0.25) is 0 Å². The first kappa shape index (κ1) is 11.8. The van der Waals surface area contributed by atoms with Crippen molar-refractivity contribution in [1.82, 2.24) is 0 Å². The van der Waals surface area contributed by atoms with Crippen molar-refractivity contribution in [2.75, 3.05) is 0 Å². The van der Waals surface area contributed by atoms with Gasteiger partial charge in [0, 0.05) is 16.4 Å². The topological polar surface area (TPSA) is 17.1 Å². The summed E-state index contributed by atoms with van der Waals surface area (Å²) in [7, 11) is 0. The van der Waals surface area contributed by atoms with E-state index in [0.717, 1.165) is 0 Å². The predicted molar refractivity (Wildman–Crippen MR) is 67.7 cm³/mol. The Morgan fingerprint density at radius 2 is 1.59 bits per heavy atom. The van der Waals surface area contributed by atoms with Crippen LogP contribution in [0.15, 0.2) is 36.4 Å². The monoisotopic (exact) mass is 230 g/mol. The van der Waals surface area contributed by atoms with Gasteiger partial charge in [-0.25, -0.2) is 4.39 Å². The zero-order valence-electron chi connectivity index (χ0n) is 10.3. The smallest absolute Gasteiger partial charge is 0.168 e. The minimum absolute atomic E-state index is 0.0358. The van der Waals surface area contributed by atoms with Gasteiger partial charge in [-0.3, -0.25) is 4.79 Å². The average Bonchev–Trinajstić information content (AvgIpc) is 2.28.